The largest absolute Gasteiger partial charge is 0.301 e. The Hall–Kier alpha value is -2.81. The van der Waals surface area contributed by atoms with E-state index in [0.29, 0.717) is 0 Å². The zero-order chi connectivity index (χ0) is 17.5. The lowest BCUT2D eigenvalue weighted by atomic mass is 10.2. The molecule has 9 heteroatoms. The van der Waals surface area contributed by atoms with Crippen LogP contribution < -0.4 is 5.43 Å². The van der Waals surface area contributed by atoms with Crippen molar-refractivity contribution in [1.29, 1.82) is 0 Å². The number of nitrogens with one attached hydrogen (secondary N) is 1. The summed E-state index contributed by atoms with van der Waals surface area (Å²) in [4.78, 5) is 22.6. The zero-order valence-corrected chi connectivity index (χ0v) is 13.8. The number of rotatable bonds is 8. The van der Waals surface area contributed by atoms with Crippen LogP contribution in [0.25, 0.3) is 0 Å². The van der Waals surface area contributed by atoms with E-state index in [1.165, 1.54) is 17.0 Å². The van der Waals surface area contributed by atoms with Gasteiger partial charge in [0.05, 0.1) is 22.1 Å². The van der Waals surface area contributed by atoms with Crippen molar-refractivity contribution in [3.8, 4) is 0 Å². The zero-order valence-electron chi connectivity index (χ0n) is 13.0. The number of non-ortho nitro benzene ring substituents is 1. The number of hydrazone groups is 1. The van der Waals surface area contributed by atoms with E-state index in [2.05, 4.69) is 17.5 Å². The quantitative estimate of drug-likeness (QED) is 0.433. The number of thiophene rings is 1. The predicted molar refractivity (Wildman–Crippen MR) is 93.9 cm³/mol. The van der Waals surface area contributed by atoms with Gasteiger partial charge in [0.15, 0.2) is 0 Å². The highest BCUT2D eigenvalue weighted by atomic mass is 32.1. The molecule has 0 fully saturated rings. The van der Waals surface area contributed by atoms with Crippen molar-refractivity contribution in [3.05, 3.63) is 60.3 Å². The van der Waals surface area contributed by atoms with Crippen LogP contribution in [0.2, 0.25) is 0 Å². The van der Waals surface area contributed by atoms with Crippen molar-refractivity contribution in [2.24, 2.45) is 5.10 Å². The summed E-state index contributed by atoms with van der Waals surface area (Å²) >= 11 is 1.61. The van der Waals surface area contributed by atoms with Gasteiger partial charge in [-0.3, -0.25) is 25.7 Å². The summed E-state index contributed by atoms with van der Waals surface area (Å²) in [7, 11) is 0. The predicted octanol–water partition coefficient (Wildman–Crippen LogP) is 4.35. The van der Waals surface area contributed by atoms with Crippen LogP contribution in [0.3, 0.4) is 0 Å². The molecule has 1 aromatic carbocycles. The lowest BCUT2D eigenvalue weighted by molar-refractivity contribution is -0.393. The van der Waals surface area contributed by atoms with E-state index in [1.807, 2.05) is 12.1 Å². The topological polar surface area (TPSA) is 111 Å². The number of benzene rings is 1. The van der Waals surface area contributed by atoms with Crippen LogP contribution >= 0.6 is 11.3 Å². The summed E-state index contributed by atoms with van der Waals surface area (Å²) in [6.45, 7) is 2.14. The second kappa shape index (κ2) is 8.16. The highest BCUT2D eigenvalue weighted by Gasteiger charge is 2.19. The maximum absolute atomic E-state index is 11.0. The van der Waals surface area contributed by atoms with Crippen LogP contribution in [0, 0.1) is 20.2 Å². The molecular weight excluding hydrogens is 332 g/mol. The molecule has 2 rings (SSSR count). The molecule has 1 N–H and O–H groups in total. The van der Waals surface area contributed by atoms with E-state index >= 15 is 0 Å². The molecule has 0 aliphatic rings. The molecular formula is C15H16N4O4S. The van der Waals surface area contributed by atoms with Gasteiger partial charge in [0, 0.05) is 15.8 Å². The Morgan fingerprint density at radius 1 is 1.21 bits per heavy atom. The van der Waals surface area contributed by atoms with Gasteiger partial charge in [-0.05, 0) is 31.0 Å². The van der Waals surface area contributed by atoms with Crippen LogP contribution in [0.5, 0.6) is 0 Å². The van der Waals surface area contributed by atoms with Crippen LogP contribution in [0.15, 0.2) is 35.4 Å². The van der Waals surface area contributed by atoms with Crippen LogP contribution in [0.1, 0.15) is 29.5 Å². The Morgan fingerprint density at radius 3 is 2.67 bits per heavy atom. The van der Waals surface area contributed by atoms with Gasteiger partial charge >= 0.3 is 5.69 Å². The number of aryl methyl sites for hydroxylation is 1. The molecule has 0 aliphatic heterocycles. The van der Waals surface area contributed by atoms with Crippen LogP contribution in [-0.2, 0) is 6.42 Å². The van der Waals surface area contributed by atoms with Crippen molar-refractivity contribution in [2.45, 2.75) is 26.2 Å². The Kier molecular flexibility index (Phi) is 5.96. The van der Waals surface area contributed by atoms with E-state index < -0.39 is 15.5 Å². The normalized spacial score (nSPS) is 10.9. The summed E-state index contributed by atoms with van der Waals surface area (Å²) in [6.07, 6.45) is 4.86. The molecule has 8 nitrogen and oxygen atoms in total. The minimum Gasteiger partial charge on any atom is -0.272 e. The number of hydrogen-bond donors (Lipinski definition) is 1. The van der Waals surface area contributed by atoms with E-state index in [9.17, 15) is 20.2 Å². The molecule has 2 aromatic rings. The fraction of sp³-hybridized carbons (Fsp3) is 0.267. The third-order valence-electron chi connectivity index (χ3n) is 3.22. The Labute approximate surface area is 142 Å². The van der Waals surface area contributed by atoms with Gasteiger partial charge in [-0.2, -0.15) is 5.10 Å². The molecule has 0 spiro atoms. The molecule has 0 saturated carbocycles. The monoisotopic (exact) mass is 348 g/mol. The molecule has 126 valence electrons. The SMILES string of the molecule is CCCCc1ccc(C=NNc2ccc([N+](=O)[O-])cc2[N+](=O)[O-])s1. The molecule has 0 atom stereocenters. The molecule has 24 heavy (non-hydrogen) atoms. The molecule has 0 radical (unpaired) electrons. The van der Waals surface area contributed by atoms with Crippen molar-refractivity contribution < 1.29 is 9.85 Å². The Bertz CT molecular complexity index is 773. The fourth-order valence-electron chi connectivity index (χ4n) is 1.99. The number of nitrogens with zero attached hydrogens (tertiary/aromatic N) is 3. The summed E-state index contributed by atoms with van der Waals surface area (Å²) in [5.41, 5.74) is 1.94. The maximum Gasteiger partial charge on any atom is 0.301 e. The van der Waals surface area contributed by atoms with Crippen molar-refractivity contribution >= 4 is 34.6 Å². The van der Waals surface area contributed by atoms with E-state index in [4.69, 9.17) is 0 Å². The van der Waals surface area contributed by atoms with E-state index in [0.717, 1.165) is 30.2 Å². The number of nitro benzene ring substituents is 2. The summed E-state index contributed by atoms with van der Waals surface area (Å²) in [5, 5.41) is 25.7. The van der Waals surface area contributed by atoms with Gasteiger partial charge in [-0.15, -0.1) is 11.3 Å². The minimum absolute atomic E-state index is 0.101. The van der Waals surface area contributed by atoms with Crippen molar-refractivity contribution in [1.82, 2.24) is 0 Å². The average Bonchev–Trinajstić information content (AvgIpc) is 3.00. The molecule has 0 unspecified atom stereocenters. The van der Waals surface area contributed by atoms with Crippen LogP contribution in [0.4, 0.5) is 17.1 Å². The first-order valence-corrected chi connectivity index (χ1v) is 8.13. The molecule has 0 aliphatic carbocycles. The van der Waals surface area contributed by atoms with Gasteiger partial charge < -0.3 is 0 Å². The Morgan fingerprint density at radius 2 is 2.00 bits per heavy atom. The second-order valence-corrected chi connectivity index (χ2v) is 6.19. The van der Waals surface area contributed by atoms with Gasteiger partial charge in [0.25, 0.3) is 5.69 Å². The first-order chi connectivity index (χ1) is 11.5. The first kappa shape index (κ1) is 17.5. The highest BCUT2D eigenvalue weighted by molar-refractivity contribution is 7.13. The molecule has 1 heterocycles. The highest BCUT2D eigenvalue weighted by Crippen LogP contribution is 2.29. The molecule has 1 aromatic heterocycles. The van der Waals surface area contributed by atoms with Crippen LogP contribution in [-0.4, -0.2) is 16.1 Å². The minimum atomic E-state index is -0.682. The third kappa shape index (κ3) is 4.59. The summed E-state index contributed by atoms with van der Waals surface area (Å²) in [6, 6.07) is 7.35. The van der Waals surface area contributed by atoms with Gasteiger partial charge in [-0.25, -0.2) is 0 Å². The average molecular weight is 348 g/mol. The molecule has 0 saturated heterocycles. The number of unbranched alkanes of at least 4 members (excludes halogenated alkanes) is 1. The lowest BCUT2D eigenvalue weighted by Gasteiger charge is -2.01. The molecule has 0 bridgehead atoms. The summed E-state index contributed by atoms with van der Waals surface area (Å²) in [5.74, 6) is 0. The summed E-state index contributed by atoms with van der Waals surface area (Å²) < 4.78 is 0. The number of hydrogen-bond acceptors (Lipinski definition) is 7. The smallest absolute Gasteiger partial charge is 0.272 e. The maximum atomic E-state index is 11.0. The molecule has 0 amide bonds. The lowest BCUT2D eigenvalue weighted by Crippen LogP contribution is -1.98. The number of anilines is 1. The van der Waals surface area contributed by atoms with Gasteiger partial charge in [0.2, 0.25) is 0 Å². The standard InChI is InChI=1S/C15H16N4O4S/c1-2-3-4-12-6-7-13(24-12)10-16-17-14-8-5-11(18(20)21)9-15(14)19(22)23/h5-10,17H,2-4H2,1H3. The second-order valence-electron chi connectivity index (χ2n) is 4.99. The third-order valence-corrected chi connectivity index (χ3v) is 4.30. The van der Waals surface area contributed by atoms with Gasteiger partial charge in [0.1, 0.15) is 5.69 Å². The van der Waals surface area contributed by atoms with Crippen molar-refractivity contribution in [3.63, 3.8) is 0 Å². The van der Waals surface area contributed by atoms with E-state index in [-0.39, 0.29) is 11.4 Å². The van der Waals surface area contributed by atoms with Crippen molar-refractivity contribution in [2.75, 3.05) is 5.43 Å². The van der Waals surface area contributed by atoms with E-state index in [1.54, 1.807) is 17.6 Å². The Balaban J connectivity index is 2.09. The number of nitro groups is 2. The first-order valence-electron chi connectivity index (χ1n) is 7.32. The fourth-order valence-corrected chi connectivity index (χ4v) is 2.92. The van der Waals surface area contributed by atoms with Gasteiger partial charge in [-0.1, -0.05) is 13.3 Å².